The van der Waals surface area contributed by atoms with Crippen LogP contribution in [0.25, 0.3) is 11.1 Å². The van der Waals surface area contributed by atoms with Gasteiger partial charge in [0.25, 0.3) is 5.69 Å². The van der Waals surface area contributed by atoms with Crippen molar-refractivity contribution in [2.45, 2.75) is 25.8 Å². The predicted molar refractivity (Wildman–Crippen MR) is 194 cm³/mol. The number of rotatable bonds is 12. The highest BCUT2D eigenvalue weighted by Crippen LogP contribution is 2.37. The van der Waals surface area contributed by atoms with E-state index in [1.807, 2.05) is 72.8 Å². The molecule has 2 unspecified atom stereocenters. The van der Waals surface area contributed by atoms with Crippen molar-refractivity contribution in [3.63, 3.8) is 0 Å². The van der Waals surface area contributed by atoms with E-state index in [0.29, 0.717) is 42.9 Å². The number of hydrogen-bond acceptors (Lipinski definition) is 8. The van der Waals surface area contributed by atoms with E-state index in [4.69, 9.17) is 14.5 Å². The molecule has 9 heteroatoms. The SMILES string of the molecule is O=[N+]([O-])c1ccc(CN2CC3CN(C4CN(c5ccc(-c6ccc(OCc7ccccc7)nc6OCc6ccccc6)cc5)C4)CC3C2)cc1. The van der Waals surface area contributed by atoms with Crippen LogP contribution >= 0.6 is 0 Å². The van der Waals surface area contributed by atoms with Crippen molar-refractivity contribution in [2.75, 3.05) is 44.2 Å². The van der Waals surface area contributed by atoms with Crippen molar-refractivity contribution in [2.24, 2.45) is 11.8 Å². The van der Waals surface area contributed by atoms with Crippen LogP contribution in [0.1, 0.15) is 16.7 Å². The number of benzene rings is 4. The molecule has 1 aromatic heterocycles. The lowest BCUT2D eigenvalue weighted by atomic mass is 10.0. The standard InChI is InChI=1S/C41H41N5O4/c47-46(48)37-15-11-30(12-16-37)21-43-22-34-24-44(25-35(34)23-43)38-26-45(27-38)36-17-13-33(14-18-36)39-19-20-40(49-28-31-7-3-1-4-8-31)42-41(39)50-29-32-9-5-2-6-10-32/h1-20,34-35,38H,21-29H2. The molecular formula is C41H41N5O4. The lowest BCUT2D eigenvalue weighted by molar-refractivity contribution is -0.384. The van der Waals surface area contributed by atoms with E-state index in [9.17, 15) is 10.1 Å². The maximum atomic E-state index is 11.0. The summed E-state index contributed by atoms with van der Waals surface area (Å²) in [4.78, 5) is 23.1. The van der Waals surface area contributed by atoms with Crippen molar-refractivity contribution in [3.8, 4) is 22.9 Å². The maximum absolute atomic E-state index is 11.0. The Kier molecular flexibility index (Phi) is 9.15. The molecule has 3 fully saturated rings. The lowest BCUT2D eigenvalue weighted by Crippen LogP contribution is -2.59. The number of aromatic nitrogens is 1. The monoisotopic (exact) mass is 667 g/mol. The second kappa shape index (κ2) is 14.3. The van der Waals surface area contributed by atoms with Crippen molar-refractivity contribution >= 4 is 11.4 Å². The van der Waals surface area contributed by atoms with Crippen LogP contribution < -0.4 is 14.4 Å². The zero-order valence-corrected chi connectivity index (χ0v) is 28.0. The normalized spacial score (nSPS) is 19.2. The van der Waals surface area contributed by atoms with Gasteiger partial charge >= 0.3 is 0 Å². The number of anilines is 1. The molecule has 0 saturated carbocycles. The number of ether oxygens (including phenoxy) is 2. The summed E-state index contributed by atoms with van der Waals surface area (Å²) >= 11 is 0. The van der Waals surface area contributed by atoms with Gasteiger partial charge in [0.2, 0.25) is 11.8 Å². The Morgan fingerprint density at radius 2 is 1.28 bits per heavy atom. The lowest BCUT2D eigenvalue weighted by Gasteiger charge is -2.46. The number of nitro groups is 1. The summed E-state index contributed by atoms with van der Waals surface area (Å²) in [5.74, 6) is 2.49. The molecule has 5 aromatic rings. The van der Waals surface area contributed by atoms with E-state index in [2.05, 4.69) is 51.1 Å². The third-order valence-corrected chi connectivity index (χ3v) is 10.3. The van der Waals surface area contributed by atoms with Gasteiger partial charge in [0, 0.05) is 81.3 Å². The van der Waals surface area contributed by atoms with Crippen LogP contribution in [0.3, 0.4) is 0 Å². The molecule has 0 aliphatic carbocycles. The minimum Gasteiger partial charge on any atom is -0.473 e. The summed E-state index contributed by atoms with van der Waals surface area (Å²) < 4.78 is 12.3. The topological polar surface area (TPSA) is 84.2 Å². The van der Waals surface area contributed by atoms with Crippen LogP contribution in [0.2, 0.25) is 0 Å². The number of non-ortho nitro benzene ring substituents is 1. The minimum absolute atomic E-state index is 0.152. The van der Waals surface area contributed by atoms with E-state index < -0.39 is 0 Å². The Labute approximate surface area is 292 Å². The zero-order valence-electron chi connectivity index (χ0n) is 28.0. The Balaban J connectivity index is 0.864. The minimum atomic E-state index is -0.337. The highest BCUT2D eigenvalue weighted by atomic mass is 16.6. The van der Waals surface area contributed by atoms with Gasteiger partial charge in [-0.25, -0.2) is 0 Å². The fourth-order valence-corrected chi connectivity index (χ4v) is 7.57. The molecule has 2 atom stereocenters. The van der Waals surface area contributed by atoms with E-state index in [0.717, 1.165) is 73.6 Å². The highest BCUT2D eigenvalue weighted by molar-refractivity contribution is 5.71. The van der Waals surface area contributed by atoms with Gasteiger partial charge in [0.1, 0.15) is 13.2 Å². The molecular weight excluding hydrogens is 626 g/mol. The summed E-state index contributed by atoms with van der Waals surface area (Å²) in [5, 5.41) is 11.0. The van der Waals surface area contributed by atoms with Crippen molar-refractivity contribution < 1.29 is 14.4 Å². The second-order valence-corrected chi connectivity index (χ2v) is 13.7. The first-order valence-electron chi connectivity index (χ1n) is 17.4. The summed E-state index contributed by atoms with van der Waals surface area (Å²) in [6.07, 6.45) is 0. The molecule has 3 aliphatic heterocycles. The fraction of sp³-hybridized carbons (Fsp3) is 0.293. The smallest absolute Gasteiger partial charge is 0.269 e. The van der Waals surface area contributed by atoms with Gasteiger partial charge in [-0.3, -0.25) is 19.9 Å². The van der Waals surface area contributed by atoms with Crippen LogP contribution in [-0.4, -0.2) is 65.0 Å². The Hall–Kier alpha value is -5.25. The number of pyridine rings is 1. The summed E-state index contributed by atoms with van der Waals surface area (Å²) in [5.41, 5.74) is 6.70. The molecule has 0 N–H and O–H groups in total. The third-order valence-electron chi connectivity index (χ3n) is 10.3. The molecule has 0 bridgehead atoms. The second-order valence-electron chi connectivity index (χ2n) is 13.7. The van der Waals surface area contributed by atoms with Gasteiger partial charge in [0.15, 0.2) is 0 Å². The Morgan fingerprint density at radius 3 is 1.90 bits per heavy atom. The molecule has 50 heavy (non-hydrogen) atoms. The van der Waals surface area contributed by atoms with Gasteiger partial charge < -0.3 is 14.4 Å². The van der Waals surface area contributed by atoms with E-state index in [1.54, 1.807) is 12.1 Å². The maximum Gasteiger partial charge on any atom is 0.269 e. The van der Waals surface area contributed by atoms with Gasteiger partial charge in [-0.1, -0.05) is 84.9 Å². The first-order valence-corrected chi connectivity index (χ1v) is 17.4. The summed E-state index contributed by atoms with van der Waals surface area (Å²) in [6.45, 7) is 8.33. The largest absolute Gasteiger partial charge is 0.473 e. The Bertz CT molecular complexity index is 1890. The molecule has 8 rings (SSSR count). The van der Waals surface area contributed by atoms with E-state index in [-0.39, 0.29) is 10.6 Å². The molecule has 3 aliphatic rings. The zero-order chi connectivity index (χ0) is 33.9. The van der Waals surface area contributed by atoms with Crippen LogP contribution in [0.4, 0.5) is 11.4 Å². The highest BCUT2D eigenvalue weighted by Gasteiger charge is 2.44. The van der Waals surface area contributed by atoms with E-state index >= 15 is 0 Å². The first-order chi connectivity index (χ1) is 24.5. The third kappa shape index (κ3) is 7.20. The molecule has 254 valence electrons. The first kappa shape index (κ1) is 32.0. The molecule has 9 nitrogen and oxygen atoms in total. The number of nitrogens with zero attached hydrogens (tertiary/aromatic N) is 5. The van der Waals surface area contributed by atoms with Gasteiger partial charge in [0.05, 0.1) is 4.92 Å². The number of fused-ring (bicyclic) bond motifs is 1. The van der Waals surface area contributed by atoms with Crippen LogP contribution in [0.15, 0.2) is 121 Å². The molecule has 4 aromatic carbocycles. The molecule has 0 spiro atoms. The molecule has 3 saturated heterocycles. The van der Waals surface area contributed by atoms with Crippen LogP contribution in [-0.2, 0) is 19.8 Å². The van der Waals surface area contributed by atoms with Gasteiger partial charge in [-0.05, 0) is 52.3 Å². The Morgan fingerprint density at radius 1 is 0.660 bits per heavy atom. The van der Waals surface area contributed by atoms with Crippen molar-refractivity contribution in [3.05, 3.63) is 148 Å². The average Bonchev–Trinajstić information content (AvgIpc) is 3.69. The number of likely N-dealkylation sites (tertiary alicyclic amines) is 2. The van der Waals surface area contributed by atoms with E-state index in [1.165, 1.54) is 5.69 Å². The quantitative estimate of drug-likeness (QED) is 0.103. The number of nitro benzene ring substituents is 1. The summed E-state index contributed by atoms with van der Waals surface area (Å²) in [7, 11) is 0. The van der Waals surface area contributed by atoms with Crippen molar-refractivity contribution in [1.29, 1.82) is 0 Å². The fourth-order valence-electron chi connectivity index (χ4n) is 7.57. The van der Waals surface area contributed by atoms with Gasteiger partial charge in [-0.15, -0.1) is 0 Å². The van der Waals surface area contributed by atoms with Crippen molar-refractivity contribution in [1.82, 2.24) is 14.8 Å². The predicted octanol–water partition coefficient (Wildman–Crippen LogP) is 7.07. The molecule has 0 radical (unpaired) electrons. The van der Waals surface area contributed by atoms with Crippen LogP contribution in [0, 0.1) is 22.0 Å². The number of hydrogen-bond donors (Lipinski definition) is 0. The average molecular weight is 668 g/mol. The van der Waals surface area contributed by atoms with Crippen LogP contribution in [0.5, 0.6) is 11.8 Å². The summed E-state index contributed by atoms with van der Waals surface area (Å²) in [6, 6.07) is 40.5. The molecule has 0 amide bonds. The molecule has 4 heterocycles. The van der Waals surface area contributed by atoms with Gasteiger partial charge in [-0.2, -0.15) is 4.98 Å².